The Hall–Kier alpha value is -0.116. The van der Waals surface area contributed by atoms with Gasteiger partial charge in [-0.1, -0.05) is 0 Å². The Labute approximate surface area is 71.4 Å². The predicted octanol–water partition coefficient (Wildman–Crippen LogP) is 2.57. The minimum absolute atomic E-state index is 0.608. The van der Waals surface area contributed by atoms with Crippen molar-refractivity contribution in [3.8, 4) is 6.07 Å². The van der Waals surface area contributed by atoms with E-state index in [9.17, 15) is 0 Å². The molecule has 0 spiro atoms. The lowest BCUT2D eigenvalue weighted by atomic mass is 10.9. The topological polar surface area (TPSA) is 33.0 Å². The van der Waals surface area contributed by atoms with E-state index >= 15 is 0 Å². The molecule has 0 bridgehead atoms. The van der Waals surface area contributed by atoms with Crippen LogP contribution >= 0.6 is 0 Å². The van der Waals surface area contributed by atoms with Crippen LogP contribution in [-0.2, 0) is 4.12 Å². The van der Waals surface area contributed by atoms with Gasteiger partial charge in [0.2, 0.25) is 0 Å². The van der Waals surface area contributed by atoms with Crippen molar-refractivity contribution in [2.24, 2.45) is 0 Å². The molecule has 0 heterocycles. The van der Waals surface area contributed by atoms with E-state index in [1.807, 2.05) is 0 Å². The van der Waals surface area contributed by atoms with Gasteiger partial charge in [-0.3, -0.25) is 0 Å². The maximum Gasteiger partial charge on any atom is 0.187 e. The second kappa shape index (κ2) is 3.52. The van der Waals surface area contributed by atoms with E-state index in [1.165, 1.54) is 0 Å². The molecule has 0 rings (SSSR count). The maximum absolute atomic E-state index is 8.52. The highest BCUT2D eigenvalue weighted by molar-refractivity contribution is 6.84. The number of hydrogen-bond donors (Lipinski definition) is 0. The summed E-state index contributed by atoms with van der Waals surface area (Å²) in [5.41, 5.74) is 0. The van der Waals surface area contributed by atoms with Gasteiger partial charge < -0.3 is 4.12 Å². The van der Waals surface area contributed by atoms with Gasteiger partial charge in [-0.15, -0.1) is 0 Å². The van der Waals surface area contributed by atoms with Gasteiger partial charge in [0.05, 0.1) is 12.1 Å². The van der Waals surface area contributed by atoms with Crippen molar-refractivity contribution in [2.75, 3.05) is 0 Å². The summed E-state index contributed by atoms with van der Waals surface area (Å²) in [6.07, 6.45) is 0. The number of hydrogen-bond acceptors (Lipinski definition) is 2. The van der Waals surface area contributed by atoms with Gasteiger partial charge in [0.25, 0.3) is 0 Å². The molecule has 0 N–H and O–H groups in total. The van der Waals surface area contributed by atoms with Crippen molar-refractivity contribution in [2.45, 2.75) is 38.8 Å². The van der Waals surface area contributed by atoms with Gasteiger partial charge in [-0.25, -0.2) is 0 Å². The minimum Gasteiger partial charge on any atom is -0.455 e. The summed E-state index contributed by atoms with van der Waals surface area (Å²) in [4.78, 5) is 0. The Balaban J connectivity index is 4.04. The van der Waals surface area contributed by atoms with E-state index in [2.05, 4.69) is 38.8 Å². The van der Waals surface area contributed by atoms with Gasteiger partial charge in [-0.2, -0.15) is 5.26 Å². The van der Waals surface area contributed by atoms with E-state index in [4.69, 9.17) is 9.38 Å². The molecule has 0 aromatic carbocycles. The maximum atomic E-state index is 8.52. The van der Waals surface area contributed by atoms with E-state index in [0.29, 0.717) is 6.04 Å². The van der Waals surface area contributed by atoms with Crippen molar-refractivity contribution in [1.29, 1.82) is 5.26 Å². The number of nitriles is 1. The first-order valence-electron chi connectivity index (χ1n) is 3.84. The molecule has 0 saturated carbocycles. The van der Waals surface area contributed by atoms with Crippen LogP contribution in [0.25, 0.3) is 0 Å². The lowest BCUT2D eigenvalue weighted by molar-refractivity contribution is 0.554. The van der Waals surface area contributed by atoms with Gasteiger partial charge in [0.15, 0.2) is 16.6 Å². The first-order valence-corrected chi connectivity index (χ1v) is 10.4. The number of rotatable bonds is 3. The molecule has 0 fully saturated rings. The highest BCUT2D eigenvalue weighted by atomic mass is 28.4. The minimum atomic E-state index is -1.64. The molecule has 0 aromatic rings. The summed E-state index contributed by atoms with van der Waals surface area (Å²) in [5, 5.41) is 8.52. The Morgan fingerprint density at radius 3 is 1.91 bits per heavy atom. The summed E-state index contributed by atoms with van der Waals surface area (Å²) in [7, 11) is -3.06. The molecular weight excluding hydrogens is 170 g/mol. The molecule has 0 aliphatic carbocycles. The molecule has 0 aliphatic rings. The smallest absolute Gasteiger partial charge is 0.187 e. The molecule has 64 valence electrons. The zero-order valence-electron chi connectivity index (χ0n) is 8.06. The van der Waals surface area contributed by atoms with Crippen LogP contribution in [0, 0.1) is 11.3 Å². The van der Waals surface area contributed by atoms with Crippen LogP contribution < -0.4 is 0 Å². The predicted molar refractivity (Wildman–Crippen MR) is 52.3 cm³/mol. The van der Waals surface area contributed by atoms with Gasteiger partial charge in [-0.05, 0) is 32.7 Å². The van der Waals surface area contributed by atoms with Crippen LogP contribution in [-0.4, -0.2) is 16.6 Å². The zero-order valence-corrected chi connectivity index (χ0v) is 10.1. The zero-order chi connectivity index (χ0) is 9.12. The van der Waals surface area contributed by atoms with Crippen LogP contribution in [0.15, 0.2) is 0 Å². The second-order valence-corrected chi connectivity index (χ2v) is 13.2. The number of nitrogens with zero attached hydrogens (tertiary/aromatic N) is 1. The Kier molecular flexibility index (Phi) is 3.48. The Morgan fingerprint density at radius 2 is 1.64 bits per heavy atom. The van der Waals surface area contributed by atoms with Crippen LogP contribution in [0.4, 0.5) is 0 Å². The molecule has 0 aromatic heterocycles. The molecule has 0 radical (unpaired) electrons. The van der Waals surface area contributed by atoms with Crippen LogP contribution in [0.2, 0.25) is 38.8 Å². The van der Waals surface area contributed by atoms with Crippen molar-refractivity contribution >= 4 is 16.6 Å². The normalized spacial score (nSPS) is 12.7. The SMILES string of the molecule is C[Si](C)(C)O[Si](C)(C)CC#N. The molecule has 0 amide bonds. The average Bonchev–Trinajstić information content (AvgIpc) is 1.55. The highest BCUT2D eigenvalue weighted by Crippen LogP contribution is 2.16. The Morgan fingerprint density at radius 1 is 1.18 bits per heavy atom. The van der Waals surface area contributed by atoms with Crippen LogP contribution in [0.1, 0.15) is 0 Å². The third kappa shape index (κ3) is 6.29. The summed E-state index contributed by atoms with van der Waals surface area (Å²) in [6.45, 7) is 10.7. The third-order valence-electron chi connectivity index (χ3n) is 1.09. The molecule has 0 unspecified atom stereocenters. The van der Waals surface area contributed by atoms with E-state index in [-0.39, 0.29) is 0 Å². The average molecular weight is 187 g/mol. The molecule has 0 saturated heterocycles. The van der Waals surface area contributed by atoms with Crippen LogP contribution in [0.3, 0.4) is 0 Å². The molecule has 0 atom stereocenters. The Bertz CT molecular complexity index is 166. The van der Waals surface area contributed by atoms with Crippen molar-refractivity contribution in [3.05, 3.63) is 0 Å². The molecule has 0 aliphatic heterocycles. The van der Waals surface area contributed by atoms with Crippen LogP contribution in [0.5, 0.6) is 0 Å². The van der Waals surface area contributed by atoms with Crippen molar-refractivity contribution < 1.29 is 4.12 Å². The van der Waals surface area contributed by atoms with E-state index in [1.54, 1.807) is 0 Å². The fourth-order valence-corrected chi connectivity index (χ4v) is 8.36. The molecule has 4 heteroatoms. The first-order chi connectivity index (χ1) is 4.77. The standard InChI is InChI=1S/C7H17NOSi2/c1-10(2,3)9-11(4,5)7-6-8/h7H2,1-5H3. The lowest BCUT2D eigenvalue weighted by Gasteiger charge is -2.29. The lowest BCUT2D eigenvalue weighted by Crippen LogP contribution is -2.41. The largest absolute Gasteiger partial charge is 0.455 e. The summed E-state index contributed by atoms with van der Waals surface area (Å²) >= 11 is 0. The van der Waals surface area contributed by atoms with Gasteiger partial charge in [0.1, 0.15) is 0 Å². The van der Waals surface area contributed by atoms with Gasteiger partial charge in [0, 0.05) is 0 Å². The van der Waals surface area contributed by atoms with E-state index < -0.39 is 16.6 Å². The van der Waals surface area contributed by atoms with Crippen molar-refractivity contribution in [3.63, 3.8) is 0 Å². The molecule has 2 nitrogen and oxygen atoms in total. The quantitative estimate of drug-likeness (QED) is 0.636. The molecule has 11 heavy (non-hydrogen) atoms. The fraction of sp³-hybridized carbons (Fsp3) is 0.857. The first kappa shape index (κ1) is 10.9. The summed E-state index contributed by atoms with van der Waals surface area (Å²) < 4.78 is 5.92. The van der Waals surface area contributed by atoms with Crippen molar-refractivity contribution in [1.82, 2.24) is 0 Å². The second-order valence-electron chi connectivity index (χ2n) is 4.31. The third-order valence-corrected chi connectivity index (χ3v) is 6.76. The van der Waals surface area contributed by atoms with E-state index in [0.717, 1.165) is 0 Å². The summed E-state index contributed by atoms with van der Waals surface area (Å²) in [5.74, 6) is 0. The van der Waals surface area contributed by atoms with Gasteiger partial charge >= 0.3 is 0 Å². The highest BCUT2D eigenvalue weighted by Gasteiger charge is 2.28. The summed E-state index contributed by atoms with van der Waals surface area (Å²) in [6, 6.07) is 2.80. The monoisotopic (exact) mass is 187 g/mol. The molecular formula is C7H17NOSi2. The fourth-order valence-electron chi connectivity index (χ4n) is 1.06.